The summed E-state index contributed by atoms with van der Waals surface area (Å²) in [4.78, 5) is 26.6. The quantitative estimate of drug-likeness (QED) is 0.604. The van der Waals surface area contributed by atoms with Crippen molar-refractivity contribution in [2.75, 3.05) is 13.1 Å². The van der Waals surface area contributed by atoms with E-state index in [1.807, 2.05) is 6.92 Å². The van der Waals surface area contributed by atoms with E-state index in [1.54, 1.807) is 41.6 Å². The van der Waals surface area contributed by atoms with E-state index in [9.17, 15) is 14.7 Å². The Hall–Kier alpha value is -2.29. The van der Waals surface area contributed by atoms with Crippen molar-refractivity contribution in [1.82, 2.24) is 20.0 Å². The Morgan fingerprint density at radius 3 is 2.58 bits per heavy atom. The summed E-state index contributed by atoms with van der Waals surface area (Å²) in [6.45, 7) is 6.83. The molecule has 1 aliphatic rings. The van der Waals surface area contributed by atoms with Crippen LogP contribution in [0, 0.1) is 5.92 Å². The molecule has 10 heteroatoms. The summed E-state index contributed by atoms with van der Waals surface area (Å²) in [5.74, 6) is -0.702. The molecule has 8 nitrogen and oxygen atoms in total. The number of urea groups is 1. The minimum Gasteiger partial charge on any atom is -0.390 e. The summed E-state index contributed by atoms with van der Waals surface area (Å²) in [6.07, 6.45) is 0.732. The summed E-state index contributed by atoms with van der Waals surface area (Å²) in [7, 11) is 0. The third-order valence-corrected chi connectivity index (χ3v) is 6.44. The number of nitrogens with one attached hydrogen (secondary N) is 1. The fraction of sp³-hybridized carbons (Fsp3) is 0.476. The molecule has 0 aliphatic carbocycles. The van der Waals surface area contributed by atoms with E-state index < -0.39 is 11.5 Å². The number of halogens is 2. The lowest BCUT2D eigenvalue weighted by atomic mass is 9.89. The first kappa shape index (κ1) is 23.4. The second-order valence-electron chi connectivity index (χ2n) is 8.25. The highest BCUT2D eigenvalue weighted by atomic mass is 35.5. The molecular weight excluding hydrogens is 441 g/mol. The molecule has 2 aromatic rings. The van der Waals surface area contributed by atoms with Gasteiger partial charge in [0.1, 0.15) is 5.69 Å². The molecule has 0 unspecified atom stereocenters. The molecule has 1 aromatic heterocycles. The number of primary amides is 1. The van der Waals surface area contributed by atoms with Crippen LogP contribution in [0.3, 0.4) is 0 Å². The lowest BCUT2D eigenvalue weighted by Gasteiger charge is -2.31. The number of carbonyl (C=O) groups is 2. The first-order valence-electron chi connectivity index (χ1n) is 10.1. The molecule has 0 saturated carbocycles. The zero-order chi connectivity index (χ0) is 22.9. The van der Waals surface area contributed by atoms with E-state index in [-0.39, 0.29) is 24.1 Å². The maximum atomic E-state index is 12.8. The lowest BCUT2D eigenvalue weighted by molar-refractivity contribution is 0.0161. The molecule has 1 aliphatic heterocycles. The monoisotopic (exact) mass is 467 g/mol. The Bertz CT molecular complexity index is 1000. The second kappa shape index (κ2) is 9.06. The average molecular weight is 468 g/mol. The number of aliphatic hydroxyl groups is 1. The van der Waals surface area contributed by atoms with Gasteiger partial charge < -0.3 is 21.1 Å². The van der Waals surface area contributed by atoms with Gasteiger partial charge in [0, 0.05) is 24.6 Å². The topological polar surface area (TPSA) is 113 Å². The van der Waals surface area contributed by atoms with Crippen LogP contribution in [0.5, 0.6) is 0 Å². The number of amides is 3. The predicted molar refractivity (Wildman–Crippen MR) is 120 cm³/mol. The number of nitrogens with zero attached hydrogens (tertiary/aromatic N) is 3. The highest BCUT2D eigenvalue weighted by Gasteiger charge is 2.31. The first-order chi connectivity index (χ1) is 14.5. The molecule has 0 fully saturated rings. The Morgan fingerprint density at radius 1 is 1.29 bits per heavy atom. The standard InChI is InChI=1S/C21H27Cl2N5O3/c1-4-13(21(2,3)31)10-25-20(30)27-7-8-28-16(11-27)17(19(24)29)18(26-28)12-5-6-14(22)15(23)9-12/h5-6,9,13,31H,4,7-8,10-11H2,1-3H3,(H2,24,29)(H,25,30)/t13-/m1/s1. The van der Waals surface area contributed by atoms with Crippen LogP contribution < -0.4 is 11.1 Å². The molecule has 3 rings (SSSR count). The number of benzene rings is 1. The van der Waals surface area contributed by atoms with Gasteiger partial charge in [-0.1, -0.05) is 36.2 Å². The fourth-order valence-electron chi connectivity index (χ4n) is 3.81. The molecule has 2 heterocycles. The summed E-state index contributed by atoms with van der Waals surface area (Å²) < 4.78 is 1.70. The maximum Gasteiger partial charge on any atom is 0.317 e. The summed E-state index contributed by atoms with van der Waals surface area (Å²) in [5.41, 5.74) is 6.66. The molecule has 0 spiro atoms. The summed E-state index contributed by atoms with van der Waals surface area (Å²) in [6, 6.07) is 4.73. The van der Waals surface area contributed by atoms with Crippen molar-refractivity contribution in [2.24, 2.45) is 11.7 Å². The SMILES string of the molecule is CC[C@H](CNC(=O)N1CCn2nc(-c3ccc(Cl)c(Cl)c3)c(C(N)=O)c2C1)C(C)(C)O. The van der Waals surface area contributed by atoms with E-state index in [1.165, 1.54) is 0 Å². The van der Waals surface area contributed by atoms with Gasteiger partial charge in [-0.15, -0.1) is 0 Å². The molecule has 1 atom stereocenters. The maximum absolute atomic E-state index is 12.8. The average Bonchev–Trinajstić information content (AvgIpc) is 3.08. The van der Waals surface area contributed by atoms with Crippen LogP contribution in [0.4, 0.5) is 4.79 Å². The van der Waals surface area contributed by atoms with Crippen LogP contribution in [0.2, 0.25) is 10.0 Å². The molecule has 1 aromatic carbocycles. The largest absolute Gasteiger partial charge is 0.390 e. The van der Waals surface area contributed by atoms with Gasteiger partial charge in [0.25, 0.3) is 5.91 Å². The lowest BCUT2D eigenvalue weighted by Crippen LogP contribution is -2.48. The smallest absolute Gasteiger partial charge is 0.317 e. The zero-order valence-corrected chi connectivity index (χ0v) is 19.3. The van der Waals surface area contributed by atoms with Gasteiger partial charge in [-0.25, -0.2) is 4.79 Å². The van der Waals surface area contributed by atoms with Gasteiger partial charge in [-0.3, -0.25) is 9.48 Å². The van der Waals surface area contributed by atoms with Gasteiger partial charge in [0.2, 0.25) is 0 Å². The molecule has 0 saturated heterocycles. The van der Waals surface area contributed by atoms with Gasteiger partial charge in [-0.05, 0) is 32.4 Å². The van der Waals surface area contributed by atoms with E-state index >= 15 is 0 Å². The molecule has 31 heavy (non-hydrogen) atoms. The summed E-state index contributed by atoms with van der Waals surface area (Å²) >= 11 is 12.1. The fourth-order valence-corrected chi connectivity index (χ4v) is 4.11. The molecule has 0 radical (unpaired) electrons. The Kier molecular flexibility index (Phi) is 6.83. The van der Waals surface area contributed by atoms with Crippen molar-refractivity contribution in [2.45, 2.75) is 45.9 Å². The number of aromatic nitrogens is 2. The minimum atomic E-state index is -0.892. The predicted octanol–water partition coefficient (Wildman–Crippen LogP) is 3.28. The van der Waals surface area contributed by atoms with Gasteiger partial charge in [0.05, 0.1) is 40.0 Å². The van der Waals surface area contributed by atoms with Gasteiger partial charge >= 0.3 is 6.03 Å². The van der Waals surface area contributed by atoms with Crippen molar-refractivity contribution in [3.05, 3.63) is 39.5 Å². The normalized spacial score (nSPS) is 14.8. The first-order valence-corrected chi connectivity index (χ1v) is 10.9. The van der Waals surface area contributed by atoms with Crippen LogP contribution in [0.25, 0.3) is 11.3 Å². The van der Waals surface area contributed by atoms with Gasteiger partial charge in [0.15, 0.2) is 0 Å². The number of carbonyl (C=O) groups excluding carboxylic acids is 2. The molecular formula is C21H27Cl2N5O3. The third kappa shape index (κ3) is 4.97. The third-order valence-electron chi connectivity index (χ3n) is 5.70. The Balaban J connectivity index is 1.83. The van der Waals surface area contributed by atoms with Crippen LogP contribution in [-0.2, 0) is 13.1 Å². The van der Waals surface area contributed by atoms with E-state index in [2.05, 4.69) is 10.4 Å². The zero-order valence-electron chi connectivity index (χ0n) is 17.8. The van der Waals surface area contributed by atoms with E-state index in [0.29, 0.717) is 46.6 Å². The number of rotatable bonds is 6. The van der Waals surface area contributed by atoms with Crippen LogP contribution in [-0.4, -0.2) is 50.4 Å². The van der Waals surface area contributed by atoms with Crippen LogP contribution >= 0.6 is 23.2 Å². The number of nitrogens with two attached hydrogens (primary N) is 1. The summed E-state index contributed by atoms with van der Waals surface area (Å²) in [5, 5.41) is 18.4. The Morgan fingerprint density at radius 2 is 2.00 bits per heavy atom. The van der Waals surface area contributed by atoms with Crippen molar-refractivity contribution in [3.63, 3.8) is 0 Å². The van der Waals surface area contributed by atoms with Crippen LogP contribution in [0.1, 0.15) is 43.2 Å². The van der Waals surface area contributed by atoms with E-state index in [0.717, 1.165) is 6.42 Å². The van der Waals surface area contributed by atoms with E-state index in [4.69, 9.17) is 28.9 Å². The second-order valence-corrected chi connectivity index (χ2v) is 9.07. The van der Waals surface area contributed by atoms with Gasteiger partial charge in [-0.2, -0.15) is 5.10 Å². The van der Waals surface area contributed by atoms with Crippen molar-refractivity contribution >= 4 is 35.1 Å². The van der Waals surface area contributed by atoms with Crippen molar-refractivity contribution in [1.29, 1.82) is 0 Å². The molecule has 168 valence electrons. The number of hydrogen-bond acceptors (Lipinski definition) is 4. The Labute approximate surface area is 191 Å². The molecule has 4 N–H and O–H groups in total. The highest BCUT2D eigenvalue weighted by molar-refractivity contribution is 6.42. The van der Waals surface area contributed by atoms with Crippen LogP contribution in [0.15, 0.2) is 18.2 Å². The highest BCUT2D eigenvalue weighted by Crippen LogP contribution is 2.32. The molecule has 0 bridgehead atoms. The minimum absolute atomic E-state index is 0.0748. The number of fused-ring (bicyclic) bond motifs is 1. The van der Waals surface area contributed by atoms with Crippen molar-refractivity contribution in [3.8, 4) is 11.3 Å². The van der Waals surface area contributed by atoms with Crippen molar-refractivity contribution < 1.29 is 14.7 Å². The number of hydrogen-bond donors (Lipinski definition) is 3. The molecule has 3 amide bonds.